The number of rotatable bonds is 6. The monoisotopic (exact) mass is 631 g/mol. The van der Waals surface area contributed by atoms with Crippen molar-refractivity contribution in [3.8, 4) is 22.9 Å². The molecule has 0 aliphatic carbocycles. The van der Waals surface area contributed by atoms with Crippen molar-refractivity contribution in [3.05, 3.63) is 90.1 Å². The van der Waals surface area contributed by atoms with Crippen LogP contribution in [0.1, 0.15) is 32.7 Å². The minimum absolute atomic E-state index is 0.00842. The molecule has 5 aromatic rings. The molecule has 3 aromatic heterocycles. The molecule has 0 atom stereocenters. The number of carboxylic acids is 1. The molecule has 0 radical (unpaired) electrons. The van der Waals surface area contributed by atoms with Crippen LogP contribution < -0.4 is 10.2 Å². The number of benzene rings is 2. The SMILES string of the molecule is Cc1c(CCOc2ccc(Cl)cc2-c2ccnc3c(C(=O)O)csc23)c(=O)c2c(C#N)c(Cl)c(C(F)(F)F)cc2n1C. The molecule has 0 amide bonds. The molecule has 0 aliphatic rings. The van der Waals surface area contributed by atoms with Crippen molar-refractivity contribution in [1.82, 2.24) is 9.55 Å². The highest BCUT2D eigenvalue weighted by molar-refractivity contribution is 7.18. The van der Waals surface area contributed by atoms with Crippen LogP contribution in [0.25, 0.3) is 32.2 Å². The Morgan fingerprint density at radius 3 is 2.62 bits per heavy atom. The lowest BCUT2D eigenvalue weighted by Gasteiger charge is -2.19. The smallest absolute Gasteiger partial charge is 0.417 e. The normalized spacial score (nSPS) is 11.7. The number of aromatic nitrogens is 2. The van der Waals surface area contributed by atoms with Crippen LogP contribution in [0.15, 0.2) is 46.7 Å². The highest BCUT2D eigenvalue weighted by Crippen LogP contribution is 2.41. The summed E-state index contributed by atoms with van der Waals surface area (Å²) in [6.45, 7) is 1.59. The number of nitrogens with zero attached hydrogens (tertiary/aromatic N) is 3. The number of ether oxygens (including phenoxy) is 1. The number of carbonyl (C=O) groups is 1. The third-order valence-electron chi connectivity index (χ3n) is 6.99. The number of nitriles is 1. The van der Waals surface area contributed by atoms with Crippen LogP contribution in [-0.2, 0) is 19.6 Å². The maximum Gasteiger partial charge on any atom is 0.417 e. The maximum absolute atomic E-state index is 13.6. The third kappa shape index (κ3) is 4.96. The first-order valence-corrected chi connectivity index (χ1v) is 13.8. The van der Waals surface area contributed by atoms with Crippen LogP contribution in [0.3, 0.4) is 0 Å². The Morgan fingerprint density at radius 2 is 1.95 bits per heavy atom. The number of aryl methyl sites for hydroxylation is 1. The van der Waals surface area contributed by atoms with E-state index in [0.717, 1.165) is 6.07 Å². The van der Waals surface area contributed by atoms with Crippen molar-refractivity contribution < 1.29 is 27.8 Å². The molecule has 7 nitrogen and oxygen atoms in total. The number of fused-ring (bicyclic) bond motifs is 2. The van der Waals surface area contributed by atoms with E-state index in [-0.39, 0.29) is 35.1 Å². The van der Waals surface area contributed by atoms with Gasteiger partial charge < -0.3 is 14.4 Å². The highest BCUT2D eigenvalue weighted by Gasteiger charge is 2.36. The van der Waals surface area contributed by atoms with Gasteiger partial charge in [-0.1, -0.05) is 23.2 Å². The first-order valence-electron chi connectivity index (χ1n) is 12.2. The largest absolute Gasteiger partial charge is 0.493 e. The molecule has 5 rings (SSSR count). The van der Waals surface area contributed by atoms with Gasteiger partial charge in [0.05, 0.1) is 49.4 Å². The lowest BCUT2D eigenvalue weighted by molar-refractivity contribution is -0.137. The fourth-order valence-corrected chi connectivity index (χ4v) is 6.34. The summed E-state index contributed by atoms with van der Waals surface area (Å²) in [6, 6.07) is 9.11. The van der Waals surface area contributed by atoms with E-state index < -0.39 is 33.7 Å². The second-order valence-corrected chi connectivity index (χ2v) is 11.0. The minimum atomic E-state index is -4.82. The van der Waals surface area contributed by atoms with Crippen LogP contribution in [0.5, 0.6) is 5.75 Å². The molecular formula is C29H18Cl2F3N3O4S. The number of hydrogen-bond acceptors (Lipinski definition) is 6. The summed E-state index contributed by atoms with van der Waals surface area (Å²) in [6.07, 6.45) is -3.26. The third-order valence-corrected chi connectivity index (χ3v) is 8.62. The van der Waals surface area contributed by atoms with Gasteiger partial charge in [0.1, 0.15) is 11.8 Å². The van der Waals surface area contributed by atoms with Crippen molar-refractivity contribution in [2.24, 2.45) is 7.05 Å². The molecular weight excluding hydrogens is 614 g/mol. The number of carboxylic acid groups (broad SMARTS) is 1. The number of halogens is 5. The summed E-state index contributed by atoms with van der Waals surface area (Å²) in [7, 11) is 1.51. The molecule has 2 aromatic carbocycles. The van der Waals surface area contributed by atoms with Crippen LogP contribution in [0.4, 0.5) is 13.2 Å². The van der Waals surface area contributed by atoms with E-state index in [1.165, 1.54) is 34.5 Å². The molecule has 0 spiro atoms. The van der Waals surface area contributed by atoms with E-state index in [0.29, 0.717) is 37.8 Å². The fourth-order valence-electron chi connectivity index (χ4n) is 4.84. The van der Waals surface area contributed by atoms with Crippen LogP contribution in [0.2, 0.25) is 10.0 Å². The Morgan fingerprint density at radius 1 is 1.21 bits per heavy atom. The van der Waals surface area contributed by atoms with E-state index in [2.05, 4.69) is 4.98 Å². The number of aromatic carboxylic acids is 1. The topological polar surface area (TPSA) is 105 Å². The molecule has 42 heavy (non-hydrogen) atoms. The summed E-state index contributed by atoms with van der Waals surface area (Å²) in [4.78, 5) is 29.4. The standard InChI is InChI=1S/C29H18Cl2F3N3O4S/c1-13-15(26(38)23-18(11-35)24(31)20(29(32,33)34)10-21(23)37(13)2)6-8-41-22-4-3-14(30)9-17(22)16-5-7-36-25-19(28(39)40)12-42-27(16)25/h3-5,7,9-10,12H,6,8H2,1-2H3,(H,39,40). The van der Waals surface area contributed by atoms with Crippen LogP contribution in [-0.4, -0.2) is 27.2 Å². The Balaban J connectivity index is 1.54. The quantitative estimate of drug-likeness (QED) is 0.206. The van der Waals surface area contributed by atoms with E-state index >= 15 is 0 Å². The van der Waals surface area contributed by atoms with E-state index in [4.69, 9.17) is 27.9 Å². The van der Waals surface area contributed by atoms with Crippen LogP contribution >= 0.6 is 34.5 Å². The van der Waals surface area contributed by atoms with Gasteiger partial charge in [-0.25, -0.2) is 4.79 Å². The molecule has 0 saturated heterocycles. The van der Waals surface area contributed by atoms with Gasteiger partial charge in [0.2, 0.25) is 0 Å². The molecule has 1 N–H and O–H groups in total. The summed E-state index contributed by atoms with van der Waals surface area (Å²) in [5.41, 5.74) is -0.113. The molecule has 214 valence electrons. The molecule has 0 unspecified atom stereocenters. The predicted molar refractivity (Wildman–Crippen MR) is 155 cm³/mol. The number of thiophene rings is 1. The number of pyridine rings is 2. The second-order valence-electron chi connectivity index (χ2n) is 9.30. The Kier molecular flexibility index (Phi) is 7.66. The van der Waals surface area contributed by atoms with Crippen molar-refractivity contribution >= 4 is 61.6 Å². The van der Waals surface area contributed by atoms with E-state index in [1.807, 2.05) is 0 Å². The van der Waals surface area contributed by atoms with Gasteiger partial charge >= 0.3 is 12.1 Å². The molecule has 0 fully saturated rings. The zero-order valence-corrected chi connectivity index (χ0v) is 24.1. The van der Waals surface area contributed by atoms with Gasteiger partial charge in [0, 0.05) is 52.5 Å². The van der Waals surface area contributed by atoms with Crippen molar-refractivity contribution in [1.29, 1.82) is 5.26 Å². The van der Waals surface area contributed by atoms with Crippen molar-refractivity contribution in [2.45, 2.75) is 19.5 Å². The molecule has 0 bridgehead atoms. The predicted octanol–water partition coefficient (Wildman–Crippen LogP) is 7.64. The summed E-state index contributed by atoms with van der Waals surface area (Å²) >= 11 is 13.5. The zero-order chi connectivity index (χ0) is 30.5. The lowest BCUT2D eigenvalue weighted by atomic mass is 9.99. The van der Waals surface area contributed by atoms with Gasteiger partial charge in [-0.15, -0.1) is 11.3 Å². The van der Waals surface area contributed by atoms with E-state index in [1.54, 1.807) is 37.3 Å². The average molecular weight is 632 g/mol. The van der Waals surface area contributed by atoms with Gasteiger partial charge in [-0.2, -0.15) is 18.4 Å². The van der Waals surface area contributed by atoms with Crippen molar-refractivity contribution in [2.75, 3.05) is 6.61 Å². The Hall–Kier alpha value is -4.11. The highest BCUT2D eigenvalue weighted by atomic mass is 35.5. The minimum Gasteiger partial charge on any atom is -0.493 e. The summed E-state index contributed by atoms with van der Waals surface area (Å²) < 4.78 is 48.9. The van der Waals surface area contributed by atoms with Crippen molar-refractivity contribution in [3.63, 3.8) is 0 Å². The first kappa shape index (κ1) is 29.4. The fraction of sp³-hybridized carbons (Fsp3) is 0.172. The summed E-state index contributed by atoms with van der Waals surface area (Å²) in [5, 5.41) is 20.1. The molecule has 0 saturated carbocycles. The molecule has 3 heterocycles. The van der Waals surface area contributed by atoms with Gasteiger partial charge in [-0.05, 0) is 37.3 Å². The van der Waals surface area contributed by atoms with E-state index in [9.17, 15) is 33.1 Å². The second kappa shape index (κ2) is 10.9. The summed E-state index contributed by atoms with van der Waals surface area (Å²) in [5.74, 6) is -0.695. The van der Waals surface area contributed by atoms with Gasteiger partial charge in [0.25, 0.3) is 0 Å². The van der Waals surface area contributed by atoms with Gasteiger partial charge in [0.15, 0.2) is 5.43 Å². The molecule has 0 aliphatic heterocycles. The van der Waals surface area contributed by atoms with Gasteiger partial charge in [-0.3, -0.25) is 9.78 Å². The lowest BCUT2D eigenvalue weighted by Crippen LogP contribution is -2.21. The number of alkyl halides is 3. The molecule has 13 heteroatoms. The Labute approximate surface area is 249 Å². The first-order chi connectivity index (χ1) is 19.8. The zero-order valence-electron chi connectivity index (χ0n) is 21.8. The Bertz CT molecular complexity index is 2030. The maximum atomic E-state index is 13.6. The average Bonchev–Trinajstić information content (AvgIpc) is 3.38. The van der Waals surface area contributed by atoms with Crippen LogP contribution in [0, 0.1) is 18.3 Å². The number of hydrogen-bond donors (Lipinski definition) is 1.